The average molecular weight is 456 g/mol. The van der Waals surface area contributed by atoms with Crippen molar-refractivity contribution in [2.45, 2.75) is 12.5 Å². The number of amides is 2. The molecule has 5 rings (SSSR count). The summed E-state index contributed by atoms with van der Waals surface area (Å²) in [7, 11) is 0. The highest BCUT2D eigenvalue weighted by Crippen LogP contribution is 2.30. The number of benzene rings is 1. The van der Waals surface area contributed by atoms with Crippen LogP contribution in [0.4, 0.5) is 23.9 Å². The lowest BCUT2D eigenvalue weighted by molar-refractivity contribution is 0.139. The fourth-order valence-corrected chi connectivity index (χ4v) is 3.98. The van der Waals surface area contributed by atoms with Crippen LogP contribution in [0.3, 0.4) is 0 Å². The Morgan fingerprint density at radius 2 is 1.79 bits per heavy atom. The van der Waals surface area contributed by atoms with E-state index in [0.29, 0.717) is 49.7 Å². The molecule has 170 valence electrons. The zero-order chi connectivity index (χ0) is 22.9. The van der Waals surface area contributed by atoms with Gasteiger partial charge in [0.05, 0.1) is 18.4 Å². The zero-order valence-corrected chi connectivity index (χ0v) is 17.3. The molecule has 3 aromatic rings. The molecule has 12 heteroatoms. The van der Waals surface area contributed by atoms with Gasteiger partial charge in [0.2, 0.25) is 5.95 Å². The van der Waals surface area contributed by atoms with E-state index in [1.165, 1.54) is 23.3 Å². The summed E-state index contributed by atoms with van der Waals surface area (Å²) in [5, 5.41) is 11.8. The molecule has 9 nitrogen and oxygen atoms in total. The molecule has 1 saturated heterocycles. The van der Waals surface area contributed by atoms with Gasteiger partial charge < -0.3 is 9.80 Å². The Kier molecular flexibility index (Phi) is 5.40. The SMILES string of the molecule is O=C(N1CCN(c2ncc(F)c(-c3cn[nH]c3)n2)CC1)N1N=CCC1c1cc(F)cc(F)c1. The standard InChI is InChI=1S/C21H19F3N8O/c22-15-7-13(8-16(23)9-15)18-1-2-28-32(18)21(33)31-5-3-30(4-6-31)20-25-12-17(24)19(29-20)14-10-26-27-11-14/h2,7-12,18H,1,3-6H2,(H,26,27). The molecule has 2 aromatic heterocycles. The molecule has 0 spiro atoms. The maximum absolute atomic E-state index is 14.2. The van der Waals surface area contributed by atoms with Gasteiger partial charge >= 0.3 is 6.03 Å². The molecular formula is C21H19F3N8O. The van der Waals surface area contributed by atoms with Crippen molar-refractivity contribution >= 4 is 18.2 Å². The van der Waals surface area contributed by atoms with Crippen molar-refractivity contribution in [3.8, 4) is 11.3 Å². The number of carbonyl (C=O) groups is 1. The lowest BCUT2D eigenvalue weighted by Gasteiger charge is -2.37. The monoisotopic (exact) mass is 456 g/mol. The first kappa shape index (κ1) is 20.9. The number of aromatic amines is 1. The predicted octanol–water partition coefficient (Wildman–Crippen LogP) is 2.96. The number of H-pyrrole nitrogens is 1. The van der Waals surface area contributed by atoms with Gasteiger partial charge in [-0.3, -0.25) is 5.10 Å². The van der Waals surface area contributed by atoms with E-state index < -0.39 is 23.5 Å². The molecule has 0 saturated carbocycles. The van der Waals surface area contributed by atoms with Crippen molar-refractivity contribution in [3.05, 3.63) is 59.8 Å². The van der Waals surface area contributed by atoms with Crippen LogP contribution in [0.1, 0.15) is 18.0 Å². The molecule has 0 radical (unpaired) electrons. The van der Waals surface area contributed by atoms with Gasteiger partial charge in [0.15, 0.2) is 5.82 Å². The van der Waals surface area contributed by atoms with Gasteiger partial charge in [0, 0.05) is 56.6 Å². The largest absolute Gasteiger partial charge is 0.341 e. The summed E-state index contributed by atoms with van der Waals surface area (Å²) in [5.74, 6) is -1.60. The average Bonchev–Trinajstić information content (AvgIpc) is 3.51. The fourth-order valence-electron chi connectivity index (χ4n) is 3.98. The Hall–Kier alpha value is -3.96. The van der Waals surface area contributed by atoms with Crippen molar-refractivity contribution in [3.63, 3.8) is 0 Å². The first-order chi connectivity index (χ1) is 16.0. The lowest BCUT2D eigenvalue weighted by atomic mass is 10.0. The minimum atomic E-state index is -0.702. The number of aromatic nitrogens is 4. The normalized spacial score (nSPS) is 18.3. The van der Waals surface area contributed by atoms with E-state index in [2.05, 4.69) is 25.3 Å². The lowest BCUT2D eigenvalue weighted by Crippen LogP contribution is -2.52. The Morgan fingerprint density at radius 1 is 1.03 bits per heavy atom. The minimum Gasteiger partial charge on any atom is -0.337 e. The molecule has 4 heterocycles. The molecule has 33 heavy (non-hydrogen) atoms. The van der Waals surface area contributed by atoms with Crippen LogP contribution >= 0.6 is 0 Å². The fraction of sp³-hybridized carbons (Fsp3) is 0.286. The van der Waals surface area contributed by atoms with Crippen LogP contribution in [0.5, 0.6) is 0 Å². The van der Waals surface area contributed by atoms with E-state index in [-0.39, 0.29) is 11.7 Å². The van der Waals surface area contributed by atoms with Gasteiger partial charge in [-0.2, -0.15) is 10.2 Å². The van der Waals surface area contributed by atoms with Crippen molar-refractivity contribution < 1.29 is 18.0 Å². The van der Waals surface area contributed by atoms with E-state index in [1.807, 2.05) is 4.90 Å². The van der Waals surface area contributed by atoms with Crippen LogP contribution in [-0.2, 0) is 0 Å². The second-order valence-electron chi connectivity index (χ2n) is 7.71. The first-order valence-corrected chi connectivity index (χ1v) is 10.3. The number of urea groups is 1. The van der Waals surface area contributed by atoms with Crippen LogP contribution in [-0.4, -0.2) is 68.5 Å². The number of anilines is 1. The highest BCUT2D eigenvalue weighted by Gasteiger charge is 2.34. The molecule has 1 aromatic carbocycles. The Bertz CT molecular complexity index is 1170. The quantitative estimate of drug-likeness (QED) is 0.654. The third kappa shape index (κ3) is 4.11. The Morgan fingerprint density at radius 3 is 2.48 bits per heavy atom. The van der Waals surface area contributed by atoms with E-state index in [1.54, 1.807) is 17.3 Å². The third-order valence-corrected chi connectivity index (χ3v) is 5.63. The Balaban J connectivity index is 1.27. The maximum atomic E-state index is 14.2. The van der Waals surface area contributed by atoms with E-state index >= 15 is 0 Å². The van der Waals surface area contributed by atoms with Gasteiger partial charge in [-0.05, 0) is 17.7 Å². The number of nitrogens with one attached hydrogen (secondary N) is 1. The molecule has 1 unspecified atom stereocenters. The number of hydrogen-bond acceptors (Lipinski definition) is 6. The summed E-state index contributed by atoms with van der Waals surface area (Å²) in [4.78, 5) is 25.0. The number of halogens is 3. The molecule has 1 N–H and O–H groups in total. The van der Waals surface area contributed by atoms with Crippen molar-refractivity contribution in [2.24, 2.45) is 5.10 Å². The maximum Gasteiger partial charge on any atom is 0.341 e. The summed E-state index contributed by atoms with van der Waals surface area (Å²) >= 11 is 0. The van der Waals surface area contributed by atoms with Gasteiger partial charge in [0.25, 0.3) is 0 Å². The smallest absolute Gasteiger partial charge is 0.337 e. The van der Waals surface area contributed by atoms with Gasteiger partial charge in [-0.25, -0.2) is 32.9 Å². The molecule has 2 amide bonds. The molecule has 2 aliphatic heterocycles. The highest BCUT2D eigenvalue weighted by molar-refractivity contribution is 5.78. The summed E-state index contributed by atoms with van der Waals surface area (Å²) in [6, 6.07) is 2.30. The minimum absolute atomic E-state index is 0.142. The zero-order valence-electron chi connectivity index (χ0n) is 17.3. The highest BCUT2D eigenvalue weighted by atomic mass is 19.1. The molecule has 2 aliphatic rings. The summed E-state index contributed by atoms with van der Waals surface area (Å²) in [6.45, 7) is 1.58. The second-order valence-corrected chi connectivity index (χ2v) is 7.71. The molecule has 1 fully saturated rings. The van der Waals surface area contributed by atoms with Crippen LogP contribution in [0.2, 0.25) is 0 Å². The molecule has 1 atom stereocenters. The summed E-state index contributed by atoms with van der Waals surface area (Å²) < 4.78 is 41.5. The Labute approximate surface area is 186 Å². The van der Waals surface area contributed by atoms with Crippen molar-refractivity contribution in [2.75, 3.05) is 31.1 Å². The van der Waals surface area contributed by atoms with E-state index in [9.17, 15) is 18.0 Å². The van der Waals surface area contributed by atoms with Gasteiger partial charge in [-0.1, -0.05) is 0 Å². The number of hydrogen-bond donors (Lipinski definition) is 1. The number of nitrogens with zero attached hydrogens (tertiary/aromatic N) is 7. The third-order valence-electron chi connectivity index (χ3n) is 5.63. The summed E-state index contributed by atoms with van der Waals surface area (Å²) in [5.41, 5.74) is 1.00. The van der Waals surface area contributed by atoms with Crippen molar-refractivity contribution in [1.29, 1.82) is 0 Å². The van der Waals surface area contributed by atoms with Crippen molar-refractivity contribution in [1.82, 2.24) is 30.1 Å². The summed E-state index contributed by atoms with van der Waals surface area (Å²) in [6.07, 6.45) is 6.07. The van der Waals surface area contributed by atoms with E-state index in [4.69, 9.17) is 0 Å². The van der Waals surface area contributed by atoms with Gasteiger partial charge in [-0.15, -0.1) is 0 Å². The molecule has 0 aliphatic carbocycles. The second kappa shape index (κ2) is 8.52. The first-order valence-electron chi connectivity index (χ1n) is 10.3. The number of carbonyl (C=O) groups excluding carboxylic acids is 1. The molecule has 0 bridgehead atoms. The number of piperazine rings is 1. The number of rotatable bonds is 3. The topological polar surface area (TPSA) is 93.6 Å². The van der Waals surface area contributed by atoms with Crippen LogP contribution in [0.25, 0.3) is 11.3 Å². The predicted molar refractivity (Wildman–Crippen MR) is 113 cm³/mol. The molecular weight excluding hydrogens is 437 g/mol. The number of hydrazone groups is 1. The van der Waals surface area contributed by atoms with Crippen LogP contribution in [0.15, 0.2) is 41.9 Å². The van der Waals surface area contributed by atoms with Crippen LogP contribution < -0.4 is 4.90 Å². The van der Waals surface area contributed by atoms with Crippen LogP contribution in [0, 0.1) is 17.5 Å². The van der Waals surface area contributed by atoms with Gasteiger partial charge in [0.1, 0.15) is 17.3 Å². The van der Waals surface area contributed by atoms with E-state index in [0.717, 1.165) is 12.3 Å².